The number of methoxy groups -OCH3 is 1. The predicted octanol–water partition coefficient (Wildman–Crippen LogP) is -0.386. The minimum Gasteiger partial charge on any atom is -0.507 e. The molecule has 13 heteroatoms. The highest BCUT2D eigenvalue weighted by Crippen LogP contribution is 2.41. The molecule has 7 unspecified atom stereocenters. The second-order valence-corrected chi connectivity index (χ2v) is 11.0. The summed E-state index contributed by atoms with van der Waals surface area (Å²) in [5.41, 5.74) is 6.86. The van der Waals surface area contributed by atoms with Crippen LogP contribution in [-0.4, -0.2) is 99.4 Å². The number of allylic oxidation sites excluding steroid dienone is 2. The van der Waals surface area contributed by atoms with Crippen LogP contribution in [0.4, 0.5) is 0 Å². The van der Waals surface area contributed by atoms with Crippen molar-refractivity contribution in [3.8, 4) is 17.2 Å². The third-order valence-electron chi connectivity index (χ3n) is 8.13. The van der Waals surface area contributed by atoms with Gasteiger partial charge in [0.2, 0.25) is 12.1 Å². The zero-order chi connectivity index (χ0) is 31.7. The standard InChI is InChI=1S/C31H36N2O11/c1-42-17-10-19-25(21(11-17)43-31-30(41)29(40)27(38)22(13-35)44-31)28(39)24-18(26(19)37)8-14(9-20(24)36)7-15(3-2-6-34)16-4-5-23(32)33-12-16/h4-5,8-12,15,22-23,27,29-31,33-36,38,40-41H,2-3,6-7,13,32H2,1H3. The Morgan fingerprint density at radius 1 is 1.00 bits per heavy atom. The van der Waals surface area contributed by atoms with E-state index in [1.807, 2.05) is 12.2 Å². The largest absolute Gasteiger partial charge is 0.507 e. The van der Waals surface area contributed by atoms with Gasteiger partial charge in [-0.25, -0.2) is 0 Å². The number of nitrogens with two attached hydrogens (primary N) is 1. The molecule has 1 aliphatic carbocycles. The van der Waals surface area contributed by atoms with Crippen LogP contribution in [0.5, 0.6) is 17.2 Å². The summed E-state index contributed by atoms with van der Waals surface area (Å²) < 4.78 is 16.5. The fourth-order valence-corrected chi connectivity index (χ4v) is 5.77. The zero-order valence-corrected chi connectivity index (χ0v) is 23.9. The van der Waals surface area contributed by atoms with E-state index in [2.05, 4.69) is 5.32 Å². The van der Waals surface area contributed by atoms with Crippen molar-refractivity contribution in [3.05, 3.63) is 76.0 Å². The van der Waals surface area contributed by atoms with Gasteiger partial charge in [-0.3, -0.25) is 9.59 Å². The second-order valence-electron chi connectivity index (χ2n) is 11.0. The fraction of sp³-hybridized carbons (Fsp3) is 0.419. The Morgan fingerprint density at radius 3 is 2.41 bits per heavy atom. The van der Waals surface area contributed by atoms with E-state index in [1.165, 1.54) is 25.3 Å². The summed E-state index contributed by atoms with van der Waals surface area (Å²) in [4.78, 5) is 27.8. The molecule has 0 saturated carbocycles. The highest BCUT2D eigenvalue weighted by Gasteiger charge is 2.46. The molecular weight excluding hydrogens is 576 g/mol. The van der Waals surface area contributed by atoms with Crippen LogP contribution in [0, 0.1) is 5.92 Å². The molecule has 1 fully saturated rings. The van der Waals surface area contributed by atoms with Crippen molar-refractivity contribution in [1.29, 1.82) is 0 Å². The molecule has 2 aliphatic heterocycles. The molecule has 3 aliphatic rings. The average molecular weight is 613 g/mol. The van der Waals surface area contributed by atoms with Crippen LogP contribution in [0.3, 0.4) is 0 Å². The highest BCUT2D eigenvalue weighted by molar-refractivity contribution is 6.30. The number of carbonyl (C=O) groups excluding carboxylic acids is 2. The van der Waals surface area contributed by atoms with Crippen LogP contribution >= 0.6 is 0 Å². The third-order valence-corrected chi connectivity index (χ3v) is 8.13. The molecule has 236 valence electrons. The summed E-state index contributed by atoms with van der Waals surface area (Å²) in [6.07, 6.45) is -1.31. The van der Waals surface area contributed by atoms with E-state index in [1.54, 1.807) is 12.3 Å². The molecule has 9 N–H and O–H groups in total. The number of hydrogen-bond acceptors (Lipinski definition) is 13. The van der Waals surface area contributed by atoms with Crippen LogP contribution < -0.4 is 20.5 Å². The van der Waals surface area contributed by atoms with Crippen LogP contribution in [0.1, 0.15) is 50.2 Å². The number of fused-ring (bicyclic) bond motifs is 2. The van der Waals surface area contributed by atoms with Gasteiger partial charge in [-0.05, 0) is 60.6 Å². The van der Waals surface area contributed by atoms with E-state index in [0.29, 0.717) is 24.8 Å². The number of phenolic OH excluding ortho intramolecular Hbond substituents is 1. The molecule has 44 heavy (non-hydrogen) atoms. The molecule has 2 aromatic rings. The van der Waals surface area contributed by atoms with E-state index < -0.39 is 54.6 Å². The number of aliphatic hydroxyl groups is 5. The van der Waals surface area contributed by atoms with Gasteiger partial charge in [0.05, 0.1) is 31.0 Å². The molecule has 0 radical (unpaired) electrons. The molecule has 13 nitrogen and oxygen atoms in total. The average Bonchev–Trinajstić information content (AvgIpc) is 3.01. The van der Waals surface area contributed by atoms with Gasteiger partial charge in [-0.15, -0.1) is 0 Å². The molecule has 0 aromatic heterocycles. The smallest absolute Gasteiger partial charge is 0.229 e. The molecule has 7 atom stereocenters. The van der Waals surface area contributed by atoms with Gasteiger partial charge in [-0.2, -0.15) is 0 Å². The molecule has 0 bridgehead atoms. The molecule has 1 saturated heterocycles. The lowest BCUT2D eigenvalue weighted by Crippen LogP contribution is -2.60. The van der Waals surface area contributed by atoms with E-state index in [-0.39, 0.29) is 52.4 Å². The zero-order valence-electron chi connectivity index (χ0n) is 23.9. The SMILES string of the molecule is COc1cc(OC2OC(CO)C(O)C(O)C2O)c2c(c1)C(=O)c1cc(CC(CCCO)C3=CNC(N)C=C3)cc(O)c1C2=O. The van der Waals surface area contributed by atoms with Crippen LogP contribution in [0.25, 0.3) is 0 Å². The minimum absolute atomic E-state index is 0.00495. The number of phenols is 1. The fourth-order valence-electron chi connectivity index (χ4n) is 5.77. The number of nitrogens with one attached hydrogen (secondary N) is 1. The van der Waals surface area contributed by atoms with E-state index >= 15 is 0 Å². The van der Waals surface area contributed by atoms with Gasteiger partial charge in [0.1, 0.15) is 41.7 Å². The lowest BCUT2D eigenvalue weighted by Gasteiger charge is -2.39. The quantitative estimate of drug-likeness (QED) is 0.146. The van der Waals surface area contributed by atoms with Gasteiger partial charge in [0.15, 0.2) is 5.78 Å². The third kappa shape index (κ3) is 5.95. The number of ketones is 2. The maximum atomic E-state index is 13.9. The normalized spacial score (nSPS) is 26.8. The molecule has 0 spiro atoms. The maximum Gasteiger partial charge on any atom is 0.229 e. The number of ether oxygens (including phenoxy) is 3. The summed E-state index contributed by atoms with van der Waals surface area (Å²) in [7, 11) is 1.34. The minimum atomic E-state index is -1.77. The molecular formula is C31H36N2O11. The summed E-state index contributed by atoms with van der Waals surface area (Å²) >= 11 is 0. The van der Waals surface area contributed by atoms with Crippen LogP contribution in [0.15, 0.2) is 48.2 Å². The van der Waals surface area contributed by atoms with Crippen molar-refractivity contribution < 1.29 is 54.4 Å². The van der Waals surface area contributed by atoms with E-state index in [0.717, 1.165) is 5.57 Å². The van der Waals surface area contributed by atoms with Crippen molar-refractivity contribution in [2.45, 2.75) is 56.1 Å². The first kappa shape index (κ1) is 31.6. The summed E-state index contributed by atoms with van der Waals surface area (Å²) in [6.45, 7) is -0.699. The predicted molar refractivity (Wildman–Crippen MR) is 154 cm³/mol. The number of aliphatic hydroxyl groups excluding tert-OH is 5. The number of dihydropyridines is 1. The van der Waals surface area contributed by atoms with Crippen molar-refractivity contribution in [2.24, 2.45) is 11.7 Å². The van der Waals surface area contributed by atoms with Crippen LogP contribution in [0.2, 0.25) is 0 Å². The topological polar surface area (TPSA) is 221 Å². The number of hydrogen-bond donors (Lipinski definition) is 8. The van der Waals surface area contributed by atoms with Crippen molar-refractivity contribution in [3.63, 3.8) is 0 Å². The summed E-state index contributed by atoms with van der Waals surface area (Å²) in [5, 5.41) is 63.9. The first-order valence-electron chi connectivity index (χ1n) is 14.2. The maximum absolute atomic E-state index is 13.9. The van der Waals surface area contributed by atoms with E-state index in [4.69, 9.17) is 19.9 Å². The lowest BCUT2D eigenvalue weighted by molar-refractivity contribution is -0.277. The Bertz CT molecular complexity index is 1490. The van der Waals surface area contributed by atoms with Gasteiger partial charge in [-0.1, -0.05) is 6.08 Å². The Hall–Kier alpha value is -3.82. The van der Waals surface area contributed by atoms with Crippen molar-refractivity contribution in [2.75, 3.05) is 20.3 Å². The van der Waals surface area contributed by atoms with Crippen molar-refractivity contribution >= 4 is 11.6 Å². The Balaban J connectivity index is 1.50. The summed E-state index contributed by atoms with van der Waals surface area (Å²) in [6, 6.07) is 5.64. The van der Waals surface area contributed by atoms with Crippen molar-refractivity contribution in [1.82, 2.24) is 5.32 Å². The van der Waals surface area contributed by atoms with Gasteiger partial charge < -0.3 is 55.9 Å². The number of rotatable bonds is 10. The number of aromatic hydroxyl groups is 1. The lowest BCUT2D eigenvalue weighted by atomic mass is 9.80. The Morgan fingerprint density at radius 2 is 1.75 bits per heavy atom. The number of carbonyl (C=O) groups is 2. The van der Waals surface area contributed by atoms with Gasteiger partial charge in [0.25, 0.3) is 0 Å². The first-order chi connectivity index (χ1) is 21.1. The van der Waals surface area contributed by atoms with Crippen LogP contribution in [-0.2, 0) is 11.2 Å². The first-order valence-corrected chi connectivity index (χ1v) is 14.2. The Kier molecular flexibility index (Phi) is 9.37. The monoisotopic (exact) mass is 612 g/mol. The summed E-state index contributed by atoms with van der Waals surface area (Å²) in [5.74, 6) is -1.91. The van der Waals surface area contributed by atoms with E-state index in [9.17, 15) is 40.2 Å². The highest BCUT2D eigenvalue weighted by atomic mass is 16.7. The molecule has 2 aromatic carbocycles. The van der Waals surface area contributed by atoms with Gasteiger partial charge >= 0.3 is 0 Å². The molecule has 5 rings (SSSR count). The Labute approximate surface area is 252 Å². The molecule has 2 heterocycles. The van der Waals surface area contributed by atoms with Gasteiger partial charge in [0, 0.05) is 30.0 Å². The number of benzene rings is 2. The molecule has 0 amide bonds. The second kappa shape index (κ2) is 13.0.